The Labute approximate surface area is 170 Å². The van der Waals surface area contributed by atoms with Crippen LogP contribution in [0.4, 0.5) is 4.79 Å². The minimum atomic E-state index is -1.13. The number of nitrogens with one attached hydrogen (secondary N) is 1. The van der Waals surface area contributed by atoms with Crippen LogP contribution in [0.1, 0.15) is 54.7 Å². The van der Waals surface area contributed by atoms with Crippen molar-refractivity contribution in [3.63, 3.8) is 0 Å². The number of urea groups is 1. The van der Waals surface area contributed by atoms with Gasteiger partial charge in [-0.25, -0.2) is 9.59 Å². The number of benzene rings is 2. The van der Waals surface area contributed by atoms with Crippen molar-refractivity contribution in [2.24, 2.45) is 0 Å². The maximum atomic E-state index is 13.2. The zero-order chi connectivity index (χ0) is 21.4. The van der Waals surface area contributed by atoms with Gasteiger partial charge < -0.3 is 10.1 Å². The Morgan fingerprint density at radius 3 is 2.34 bits per heavy atom. The Bertz CT molecular complexity index is 960. The third-order valence-corrected chi connectivity index (χ3v) is 5.29. The predicted octanol–water partition coefficient (Wildman–Crippen LogP) is 3.74. The molecule has 0 saturated carbocycles. The van der Waals surface area contributed by atoms with Crippen LogP contribution in [0.3, 0.4) is 0 Å². The quantitative estimate of drug-likeness (QED) is 0.633. The van der Waals surface area contributed by atoms with Crippen molar-refractivity contribution < 1.29 is 19.1 Å². The largest absolute Gasteiger partial charge is 0.465 e. The van der Waals surface area contributed by atoms with E-state index in [1.54, 1.807) is 31.2 Å². The van der Waals surface area contributed by atoms with E-state index < -0.39 is 17.5 Å². The first-order valence-electron chi connectivity index (χ1n) is 9.48. The molecular formula is C23H26N2O4. The molecule has 6 nitrogen and oxygen atoms in total. The minimum absolute atomic E-state index is 0.000935. The van der Waals surface area contributed by atoms with Gasteiger partial charge in [-0.3, -0.25) is 9.69 Å². The van der Waals surface area contributed by atoms with Crippen molar-refractivity contribution in [3.05, 3.63) is 70.8 Å². The lowest BCUT2D eigenvalue weighted by atomic mass is 9.84. The van der Waals surface area contributed by atoms with Crippen LogP contribution >= 0.6 is 0 Å². The van der Waals surface area contributed by atoms with E-state index in [9.17, 15) is 14.4 Å². The second-order valence-electron chi connectivity index (χ2n) is 8.47. The van der Waals surface area contributed by atoms with Gasteiger partial charge in [-0.2, -0.15) is 0 Å². The molecule has 0 aliphatic carbocycles. The molecule has 6 heteroatoms. The van der Waals surface area contributed by atoms with Gasteiger partial charge in [0.05, 0.1) is 19.2 Å². The smallest absolute Gasteiger partial charge is 0.337 e. The fourth-order valence-corrected chi connectivity index (χ4v) is 3.44. The standard InChI is InChI=1S/C23H26N2O4/c1-22(2,3)17-9-11-18(12-10-17)23(4)20(27)25(21(28)24-23)14-15-7-6-8-16(13-15)19(26)29-5/h6-13H,14H2,1-5H3,(H,24,28). The molecule has 1 N–H and O–H groups in total. The number of amides is 3. The second-order valence-corrected chi connectivity index (χ2v) is 8.47. The summed E-state index contributed by atoms with van der Waals surface area (Å²) in [7, 11) is 1.31. The van der Waals surface area contributed by atoms with E-state index in [0.29, 0.717) is 11.1 Å². The highest BCUT2D eigenvalue weighted by atomic mass is 16.5. The Morgan fingerprint density at radius 1 is 1.10 bits per heavy atom. The molecule has 1 saturated heterocycles. The number of methoxy groups -OCH3 is 1. The highest BCUT2D eigenvalue weighted by Crippen LogP contribution is 2.31. The molecule has 0 bridgehead atoms. The third-order valence-electron chi connectivity index (χ3n) is 5.29. The molecule has 0 aromatic heterocycles. The Balaban J connectivity index is 1.85. The number of esters is 1. The molecule has 1 aliphatic heterocycles. The number of hydrogen-bond acceptors (Lipinski definition) is 4. The normalized spacial score (nSPS) is 19.3. The van der Waals surface area contributed by atoms with Crippen LogP contribution in [-0.4, -0.2) is 29.9 Å². The van der Waals surface area contributed by atoms with E-state index in [-0.39, 0.29) is 17.9 Å². The van der Waals surface area contributed by atoms with Crippen LogP contribution in [0, 0.1) is 0 Å². The van der Waals surface area contributed by atoms with Gasteiger partial charge in [0.1, 0.15) is 5.54 Å². The maximum absolute atomic E-state index is 13.2. The van der Waals surface area contributed by atoms with Crippen molar-refractivity contribution in [2.75, 3.05) is 7.11 Å². The number of carbonyl (C=O) groups is 3. The summed E-state index contributed by atoms with van der Waals surface area (Å²) < 4.78 is 4.73. The fraction of sp³-hybridized carbons (Fsp3) is 0.348. The van der Waals surface area contributed by atoms with Crippen LogP contribution in [0.15, 0.2) is 48.5 Å². The van der Waals surface area contributed by atoms with Crippen LogP contribution in [0.5, 0.6) is 0 Å². The van der Waals surface area contributed by atoms with E-state index in [1.165, 1.54) is 12.0 Å². The molecule has 3 rings (SSSR count). The second kappa shape index (κ2) is 7.35. The van der Waals surface area contributed by atoms with E-state index in [4.69, 9.17) is 4.74 Å². The van der Waals surface area contributed by atoms with Gasteiger partial charge in [-0.1, -0.05) is 57.2 Å². The van der Waals surface area contributed by atoms with E-state index in [0.717, 1.165) is 11.1 Å². The Morgan fingerprint density at radius 2 is 1.76 bits per heavy atom. The van der Waals surface area contributed by atoms with Crippen molar-refractivity contribution in [1.29, 1.82) is 0 Å². The zero-order valence-electron chi connectivity index (χ0n) is 17.4. The molecule has 1 atom stereocenters. The summed E-state index contributed by atoms with van der Waals surface area (Å²) >= 11 is 0. The number of hydrogen-bond donors (Lipinski definition) is 1. The van der Waals surface area contributed by atoms with Crippen LogP contribution in [0.25, 0.3) is 0 Å². The van der Waals surface area contributed by atoms with Gasteiger partial charge in [0.15, 0.2) is 0 Å². The lowest BCUT2D eigenvalue weighted by Gasteiger charge is -2.24. The first-order chi connectivity index (χ1) is 13.6. The van der Waals surface area contributed by atoms with Gasteiger partial charge in [0, 0.05) is 0 Å². The van der Waals surface area contributed by atoms with Gasteiger partial charge in [0.25, 0.3) is 5.91 Å². The van der Waals surface area contributed by atoms with Crippen LogP contribution < -0.4 is 5.32 Å². The molecule has 1 unspecified atom stereocenters. The number of ether oxygens (including phenoxy) is 1. The number of rotatable bonds is 4. The molecule has 152 valence electrons. The molecule has 2 aromatic rings. The van der Waals surface area contributed by atoms with Gasteiger partial charge in [-0.05, 0) is 41.2 Å². The minimum Gasteiger partial charge on any atom is -0.465 e. The number of nitrogens with zero attached hydrogens (tertiary/aromatic N) is 1. The van der Waals surface area contributed by atoms with Gasteiger partial charge in [-0.15, -0.1) is 0 Å². The highest BCUT2D eigenvalue weighted by molar-refractivity contribution is 6.07. The van der Waals surface area contributed by atoms with Crippen molar-refractivity contribution in [3.8, 4) is 0 Å². The first kappa shape index (κ1) is 20.6. The van der Waals surface area contributed by atoms with Crippen LogP contribution in [0.2, 0.25) is 0 Å². The first-order valence-corrected chi connectivity index (χ1v) is 9.48. The SMILES string of the molecule is COC(=O)c1cccc(CN2C(=O)NC(C)(c3ccc(C(C)(C)C)cc3)C2=O)c1. The lowest BCUT2D eigenvalue weighted by Crippen LogP contribution is -2.40. The molecular weight excluding hydrogens is 368 g/mol. The van der Waals surface area contributed by atoms with Crippen molar-refractivity contribution >= 4 is 17.9 Å². The molecule has 1 aliphatic rings. The summed E-state index contributed by atoms with van der Waals surface area (Å²) in [5.74, 6) is -0.790. The zero-order valence-corrected chi connectivity index (χ0v) is 17.4. The lowest BCUT2D eigenvalue weighted by molar-refractivity contribution is -0.131. The summed E-state index contributed by atoms with van der Waals surface area (Å²) in [6, 6.07) is 14.0. The number of carbonyl (C=O) groups excluding carboxylic acids is 3. The van der Waals surface area contributed by atoms with E-state index >= 15 is 0 Å². The van der Waals surface area contributed by atoms with Crippen molar-refractivity contribution in [2.45, 2.75) is 45.2 Å². The average Bonchev–Trinajstić information content (AvgIpc) is 2.91. The summed E-state index contributed by atoms with van der Waals surface area (Å²) in [6.45, 7) is 8.15. The van der Waals surface area contributed by atoms with Crippen LogP contribution in [-0.2, 0) is 27.0 Å². The average molecular weight is 394 g/mol. The van der Waals surface area contributed by atoms with E-state index in [2.05, 4.69) is 26.1 Å². The monoisotopic (exact) mass is 394 g/mol. The van der Waals surface area contributed by atoms with Gasteiger partial charge in [0.2, 0.25) is 0 Å². The summed E-state index contributed by atoms with van der Waals surface area (Å²) in [4.78, 5) is 38.6. The fourth-order valence-electron chi connectivity index (χ4n) is 3.44. The maximum Gasteiger partial charge on any atom is 0.337 e. The van der Waals surface area contributed by atoms with E-state index in [1.807, 2.05) is 24.3 Å². The summed E-state index contributed by atoms with van der Waals surface area (Å²) in [5, 5.41) is 2.82. The van der Waals surface area contributed by atoms with Crippen molar-refractivity contribution in [1.82, 2.24) is 10.2 Å². The molecule has 1 fully saturated rings. The summed E-state index contributed by atoms with van der Waals surface area (Å²) in [6.07, 6.45) is 0. The Hall–Kier alpha value is -3.15. The molecule has 0 radical (unpaired) electrons. The molecule has 0 spiro atoms. The predicted molar refractivity (Wildman–Crippen MR) is 109 cm³/mol. The Kier molecular flexibility index (Phi) is 5.22. The molecule has 2 aromatic carbocycles. The molecule has 29 heavy (non-hydrogen) atoms. The number of imide groups is 1. The van der Waals surface area contributed by atoms with Gasteiger partial charge >= 0.3 is 12.0 Å². The topological polar surface area (TPSA) is 75.7 Å². The summed E-state index contributed by atoms with van der Waals surface area (Å²) in [5.41, 5.74) is 1.79. The molecule has 1 heterocycles. The molecule has 3 amide bonds. The highest BCUT2D eigenvalue weighted by Gasteiger charge is 2.48. The third kappa shape index (κ3) is 3.88.